The average Bonchev–Trinajstić information content (AvgIpc) is 2.67. The van der Waals surface area contributed by atoms with Crippen LogP contribution >= 0.6 is 0 Å². The van der Waals surface area contributed by atoms with Gasteiger partial charge in [0.15, 0.2) is 0 Å². The molecule has 1 aliphatic rings. The first-order valence-electron chi connectivity index (χ1n) is 8.65. The molecule has 2 rings (SSSR count). The highest BCUT2D eigenvalue weighted by Gasteiger charge is 2.26. The highest BCUT2D eigenvalue weighted by atomic mass is 16.5. The second-order valence-electron chi connectivity index (χ2n) is 6.08. The SMILES string of the molecule is COc1cc(OC)cc(OCCCNC(=O)N2CCC(C(=O)O)CC2)c1. The van der Waals surface area contributed by atoms with Crippen LogP contribution in [0.4, 0.5) is 4.79 Å². The molecule has 0 saturated carbocycles. The lowest BCUT2D eigenvalue weighted by Crippen LogP contribution is -2.45. The Morgan fingerprint density at radius 2 is 1.69 bits per heavy atom. The number of urea groups is 1. The van der Waals surface area contributed by atoms with Crippen molar-refractivity contribution < 1.29 is 28.9 Å². The van der Waals surface area contributed by atoms with Crippen molar-refractivity contribution in [2.75, 3.05) is 40.5 Å². The number of methoxy groups -OCH3 is 2. The molecular weight excluding hydrogens is 340 g/mol. The Morgan fingerprint density at radius 1 is 1.12 bits per heavy atom. The summed E-state index contributed by atoms with van der Waals surface area (Å²) >= 11 is 0. The third-order valence-corrected chi connectivity index (χ3v) is 4.32. The first-order valence-corrected chi connectivity index (χ1v) is 8.65. The van der Waals surface area contributed by atoms with Crippen molar-refractivity contribution in [1.82, 2.24) is 10.2 Å². The Morgan fingerprint density at radius 3 is 2.23 bits per heavy atom. The topological polar surface area (TPSA) is 97.3 Å². The molecule has 0 bridgehead atoms. The van der Waals surface area contributed by atoms with Gasteiger partial charge in [-0.3, -0.25) is 4.79 Å². The van der Waals surface area contributed by atoms with E-state index in [0.29, 0.717) is 62.8 Å². The lowest BCUT2D eigenvalue weighted by atomic mass is 9.97. The monoisotopic (exact) mass is 366 g/mol. The van der Waals surface area contributed by atoms with Crippen LogP contribution in [0.1, 0.15) is 19.3 Å². The maximum Gasteiger partial charge on any atom is 0.317 e. The van der Waals surface area contributed by atoms with Crippen molar-refractivity contribution in [1.29, 1.82) is 0 Å². The molecule has 8 heteroatoms. The number of carbonyl (C=O) groups excluding carboxylic acids is 1. The quantitative estimate of drug-likeness (QED) is 0.683. The predicted octanol–water partition coefficient (Wildman–Crippen LogP) is 1.98. The summed E-state index contributed by atoms with van der Waals surface area (Å²) < 4.78 is 16.0. The normalized spacial score (nSPS) is 14.6. The maximum absolute atomic E-state index is 12.1. The summed E-state index contributed by atoms with van der Waals surface area (Å²) in [5.41, 5.74) is 0. The van der Waals surface area contributed by atoms with E-state index in [4.69, 9.17) is 19.3 Å². The number of carbonyl (C=O) groups is 2. The number of piperidine rings is 1. The van der Waals surface area contributed by atoms with Crippen LogP contribution in [0.15, 0.2) is 18.2 Å². The summed E-state index contributed by atoms with van der Waals surface area (Å²) in [5.74, 6) is 0.821. The van der Waals surface area contributed by atoms with Gasteiger partial charge in [-0.1, -0.05) is 0 Å². The van der Waals surface area contributed by atoms with Crippen molar-refractivity contribution in [3.8, 4) is 17.2 Å². The van der Waals surface area contributed by atoms with E-state index < -0.39 is 5.97 Å². The van der Waals surface area contributed by atoms with Crippen molar-refractivity contribution in [2.45, 2.75) is 19.3 Å². The number of ether oxygens (including phenoxy) is 3. The van der Waals surface area contributed by atoms with Crippen LogP contribution in [0.3, 0.4) is 0 Å². The summed E-state index contributed by atoms with van der Waals surface area (Å²) in [6, 6.07) is 5.15. The minimum Gasteiger partial charge on any atom is -0.496 e. The van der Waals surface area contributed by atoms with Crippen LogP contribution in [-0.2, 0) is 4.79 Å². The molecule has 2 N–H and O–H groups in total. The van der Waals surface area contributed by atoms with Gasteiger partial charge in [0, 0.05) is 37.8 Å². The van der Waals surface area contributed by atoms with Gasteiger partial charge in [0.25, 0.3) is 0 Å². The van der Waals surface area contributed by atoms with Crippen molar-refractivity contribution in [3.05, 3.63) is 18.2 Å². The third-order valence-electron chi connectivity index (χ3n) is 4.32. The number of likely N-dealkylation sites (tertiary alicyclic amines) is 1. The molecule has 0 aromatic heterocycles. The molecule has 0 spiro atoms. The van der Waals surface area contributed by atoms with E-state index in [1.165, 1.54) is 0 Å². The molecule has 26 heavy (non-hydrogen) atoms. The fourth-order valence-electron chi connectivity index (χ4n) is 2.76. The molecule has 1 fully saturated rings. The van der Waals surface area contributed by atoms with Gasteiger partial charge in [-0.15, -0.1) is 0 Å². The Hall–Kier alpha value is -2.64. The Kier molecular flexibility index (Phi) is 7.37. The van der Waals surface area contributed by atoms with Crippen molar-refractivity contribution >= 4 is 12.0 Å². The summed E-state index contributed by atoms with van der Waals surface area (Å²) in [6.45, 7) is 1.88. The molecule has 1 aromatic carbocycles. The minimum absolute atomic E-state index is 0.156. The van der Waals surface area contributed by atoms with E-state index in [2.05, 4.69) is 5.32 Å². The highest BCUT2D eigenvalue weighted by molar-refractivity contribution is 5.75. The molecule has 1 aromatic rings. The van der Waals surface area contributed by atoms with Crippen LogP contribution in [0.25, 0.3) is 0 Å². The number of carboxylic acid groups (broad SMARTS) is 1. The van der Waals surface area contributed by atoms with E-state index in [9.17, 15) is 9.59 Å². The third kappa shape index (κ3) is 5.72. The van der Waals surface area contributed by atoms with Gasteiger partial charge in [-0.25, -0.2) is 4.79 Å². The number of rotatable bonds is 8. The largest absolute Gasteiger partial charge is 0.496 e. The molecular formula is C18H26N2O6. The van der Waals surface area contributed by atoms with Crippen LogP contribution in [0.2, 0.25) is 0 Å². The molecule has 0 aliphatic carbocycles. The zero-order chi connectivity index (χ0) is 18.9. The van der Waals surface area contributed by atoms with Gasteiger partial charge in [0.2, 0.25) is 0 Å². The van der Waals surface area contributed by atoms with E-state index in [1.54, 1.807) is 37.3 Å². The van der Waals surface area contributed by atoms with E-state index >= 15 is 0 Å². The minimum atomic E-state index is -0.781. The number of amides is 2. The molecule has 1 heterocycles. The van der Waals surface area contributed by atoms with Crippen LogP contribution in [-0.4, -0.2) is 62.5 Å². The van der Waals surface area contributed by atoms with E-state index in [1.807, 2.05) is 0 Å². The highest BCUT2D eigenvalue weighted by Crippen LogP contribution is 2.27. The number of nitrogens with one attached hydrogen (secondary N) is 1. The second kappa shape index (κ2) is 9.74. The van der Waals surface area contributed by atoms with Crippen LogP contribution < -0.4 is 19.5 Å². The van der Waals surface area contributed by atoms with E-state index in [0.717, 1.165) is 0 Å². The summed E-state index contributed by atoms with van der Waals surface area (Å²) in [7, 11) is 3.15. The fourth-order valence-corrected chi connectivity index (χ4v) is 2.76. The molecule has 0 radical (unpaired) electrons. The molecule has 0 atom stereocenters. The Labute approximate surface area is 153 Å². The maximum atomic E-state index is 12.1. The fraction of sp³-hybridized carbons (Fsp3) is 0.556. The number of hydrogen-bond acceptors (Lipinski definition) is 5. The lowest BCUT2D eigenvalue weighted by Gasteiger charge is -2.30. The molecule has 0 unspecified atom stereocenters. The van der Waals surface area contributed by atoms with Gasteiger partial charge in [-0.05, 0) is 19.3 Å². The van der Waals surface area contributed by atoms with Crippen molar-refractivity contribution in [2.24, 2.45) is 5.92 Å². The molecule has 144 valence electrons. The number of benzene rings is 1. The first kappa shape index (κ1) is 19.7. The Bertz CT molecular complexity index is 591. The number of aliphatic carboxylic acids is 1. The first-order chi connectivity index (χ1) is 12.5. The zero-order valence-corrected chi connectivity index (χ0v) is 15.2. The standard InChI is InChI=1S/C18H26N2O6/c1-24-14-10-15(25-2)12-16(11-14)26-9-3-6-19-18(23)20-7-4-13(5-8-20)17(21)22/h10-13H,3-9H2,1-2H3,(H,19,23)(H,21,22). The Balaban J connectivity index is 1.66. The summed E-state index contributed by atoms with van der Waals surface area (Å²) in [4.78, 5) is 24.7. The van der Waals surface area contributed by atoms with Crippen LogP contribution in [0, 0.1) is 5.92 Å². The molecule has 2 amide bonds. The molecule has 1 aliphatic heterocycles. The smallest absolute Gasteiger partial charge is 0.317 e. The number of hydrogen-bond donors (Lipinski definition) is 2. The van der Waals surface area contributed by atoms with Gasteiger partial charge in [0.05, 0.1) is 26.7 Å². The second-order valence-corrected chi connectivity index (χ2v) is 6.08. The molecule has 8 nitrogen and oxygen atoms in total. The summed E-state index contributed by atoms with van der Waals surface area (Å²) in [5, 5.41) is 11.8. The van der Waals surface area contributed by atoms with Gasteiger partial charge >= 0.3 is 12.0 Å². The summed E-state index contributed by atoms with van der Waals surface area (Å²) in [6.07, 6.45) is 1.66. The average molecular weight is 366 g/mol. The zero-order valence-electron chi connectivity index (χ0n) is 15.2. The lowest BCUT2D eigenvalue weighted by molar-refractivity contribution is -0.143. The number of nitrogens with zero attached hydrogens (tertiary/aromatic N) is 1. The number of carboxylic acids is 1. The predicted molar refractivity (Wildman–Crippen MR) is 95.0 cm³/mol. The van der Waals surface area contributed by atoms with Gasteiger partial charge in [0.1, 0.15) is 17.2 Å². The van der Waals surface area contributed by atoms with Gasteiger partial charge < -0.3 is 29.5 Å². The van der Waals surface area contributed by atoms with Crippen LogP contribution in [0.5, 0.6) is 17.2 Å². The molecule has 1 saturated heterocycles. The van der Waals surface area contributed by atoms with E-state index in [-0.39, 0.29) is 11.9 Å². The van der Waals surface area contributed by atoms with Gasteiger partial charge in [-0.2, -0.15) is 0 Å². The van der Waals surface area contributed by atoms with Crippen molar-refractivity contribution in [3.63, 3.8) is 0 Å².